The number of ether oxygens (including phenoxy) is 1. The van der Waals surface area contributed by atoms with Crippen LogP contribution < -0.4 is 20.1 Å². The average molecular weight is 448 g/mol. The average Bonchev–Trinajstić information content (AvgIpc) is 3.14. The van der Waals surface area contributed by atoms with Gasteiger partial charge in [0.2, 0.25) is 5.88 Å². The fraction of sp³-hybridized carbons (Fsp3) is 0.118. The molecule has 3 N–H and O–H groups in total. The molecule has 2 heterocycles. The molecule has 30 heavy (non-hydrogen) atoms. The summed E-state index contributed by atoms with van der Waals surface area (Å²) < 4.78 is 33.8. The normalized spacial score (nSPS) is 10.9. The minimum Gasteiger partial charge on any atom is -0.481 e. The third-order valence-corrected chi connectivity index (χ3v) is 5.26. The number of aryl methyl sites for hydroxylation is 1. The van der Waals surface area contributed by atoms with Crippen LogP contribution in [0.2, 0.25) is 0 Å². The molecule has 156 valence electrons. The van der Waals surface area contributed by atoms with Gasteiger partial charge in [0, 0.05) is 25.0 Å². The van der Waals surface area contributed by atoms with Gasteiger partial charge in [-0.1, -0.05) is 0 Å². The standard InChI is InChI=1S/C17H17N7O4S2/c1-24-8-7-13(22-24)16(25)21-17(29)20-11-3-5-12(6-4-11)30(26,27)23-14-9-15(28-2)19-10-18-14/h3-10H,1-2H3,(H,18,19,23)(H2,20,21,25,29). The maximum absolute atomic E-state index is 12.5. The van der Waals surface area contributed by atoms with E-state index in [1.165, 1.54) is 48.5 Å². The number of carbonyl (C=O) groups excluding carboxylic acids is 1. The van der Waals surface area contributed by atoms with E-state index in [9.17, 15) is 13.2 Å². The van der Waals surface area contributed by atoms with Crippen LogP contribution in [0.5, 0.6) is 5.88 Å². The van der Waals surface area contributed by atoms with Crippen LogP contribution in [0.3, 0.4) is 0 Å². The topological polar surface area (TPSA) is 140 Å². The van der Waals surface area contributed by atoms with Crippen molar-refractivity contribution < 1.29 is 17.9 Å². The summed E-state index contributed by atoms with van der Waals surface area (Å²) in [6.45, 7) is 0. The van der Waals surface area contributed by atoms with Crippen molar-refractivity contribution in [2.45, 2.75) is 4.90 Å². The summed E-state index contributed by atoms with van der Waals surface area (Å²) in [5.41, 5.74) is 0.708. The number of nitrogens with zero attached hydrogens (tertiary/aromatic N) is 4. The number of methoxy groups -OCH3 is 1. The minimum atomic E-state index is -3.87. The first-order valence-corrected chi connectivity index (χ1v) is 10.3. The Morgan fingerprint density at radius 2 is 1.90 bits per heavy atom. The molecule has 1 amide bonds. The first-order chi connectivity index (χ1) is 14.3. The predicted octanol–water partition coefficient (Wildman–Crippen LogP) is 1.15. The number of benzene rings is 1. The number of thiocarbonyl (C=S) groups is 1. The highest BCUT2D eigenvalue weighted by Gasteiger charge is 2.16. The highest BCUT2D eigenvalue weighted by molar-refractivity contribution is 7.92. The van der Waals surface area contributed by atoms with E-state index in [1.807, 2.05) is 0 Å². The number of hydrogen-bond acceptors (Lipinski definition) is 8. The second-order valence-electron chi connectivity index (χ2n) is 5.86. The summed E-state index contributed by atoms with van der Waals surface area (Å²) in [6, 6.07) is 8.69. The van der Waals surface area contributed by atoms with Crippen LogP contribution in [-0.4, -0.2) is 46.3 Å². The second kappa shape index (κ2) is 8.84. The van der Waals surface area contributed by atoms with Crippen LogP contribution in [0.4, 0.5) is 11.5 Å². The lowest BCUT2D eigenvalue weighted by Gasteiger charge is -2.11. The van der Waals surface area contributed by atoms with Crippen molar-refractivity contribution in [1.29, 1.82) is 0 Å². The first kappa shape index (κ1) is 21.1. The molecule has 11 nitrogen and oxygen atoms in total. The van der Waals surface area contributed by atoms with Gasteiger partial charge in [-0.2, -0.15) is 5.10 Å². The molecule has 0 aliphatic heterocycles. The number of rotatable bonds is 6. The maximum Gasteiger partial charge on any atom is 0.277 e. The van der Waals surface area contributed by atoms with Crippen molar-refractivity contribution in [2.24, 2.45) is 7.05 Å². The number of sulfonamides is 1. The van der Waals surface area contributed by atoms with Gasteiger partial charge in [-0.15, -0.1) is 0 Å². The number of nitrogens with one attached hydrogen (secondary N) is 3. The van der Waals surface area contributed by atoms with Crippen molar-refractivity contribution in [3.63, 3.8) is 0 Å². The largest absolute Gasteiger partial charge is 0.481 e. The molecule has 0 aliphatic rings. The summed E-state index contributed by atoms with van der Waals surface area (Å²) in [5.74, 6) is -0.164. The lowest BCUT2D eigenvalue weighted by molar-refractivity contribution is 0.0972. The Hall–Kier alpha value is -3.58. The Labute approximate surface area is 177 Å². The van der Waals surface area contributed by atoms with Gasteiger partial charge in [0.25, 0.3) is 15.9 Å². The van der Waals surface area contributed by atoms with E-state index < -0.39 is 15.9 Å². The molecule has 13 heteroatoms. The van der Waals surface area contributed by atoms with E-state index in [2.05, 4.69) is 30.4 Å². The van der Waals surface area contributed by atoms with E-state index >= 15 is 0 Å². The predicted molar refractivity (Wildman–Crippen MR) is 113 cm³/mol. The van der Waals surface area contributed by atoms with Crippen molar-refractivity contribution >= 4 is 44.8 Å². The lowest BCUT2D eigenvalue weighted by atomic mass is 10.3. The summed E-state index contributed by atoms with van der Waals surface area (Å²) in [6.07, 6.45) is 2.82. The van der Waals surface area contributed by atoms with Gasteiger partial charge in [0.05, 0.1) is 12.0 Å². The summed E-state index contributed by atoms with van der Waals surface area (Å²) in [7, 11) is -0.767. The molecule has 0 atom stereocenters. The molecular weight excluding hydrogens is 430 g/mol. The van der Waals surface area contributed by atoms with E-state index in [-0.39, 0.29) is 27.4 Å². The fourth-order valence-corrected chi connectivity index (χ4v) is 3.50. The zero-order chi connectivity index (χ0) is 21.7. The molecule has 0 saturated heterocycles. The van der Waals surface area contributed by atoms with Crippen molar-refractivity contribution in [3.8, 4) is 5.88 Å². The maximum atomic E-state index is 12.5. The van der Waals surface area contributed by atoms with Crippen molar-refractivity contribution in [3.05, 3.63) is 54.6 Å². The third-order valence-electron chi connectivity index (χ3n) is 3.69. The van der Waals surface area contributed by atoms with E-state index in [4.69, 9.17) is 17.0 Å². The highest BCUT2D eigenvalue weighted by Crippen LogP contribution is 2.18. The van der Waals surface area contributed by atoms with E-state index in [0.717, 1.165) is 0 Å². The van der Waals surface area contributed by atoms with E-state index in [0.29, 0.717) is 5.69 Å². The van der Waals surface area contributed by atoms with Crippen LogP contribution in [0, 0.1) is 0 Å². The molecule has 0 bridgehead atoms. The quantitative estimate of drug-likeness (QED) is 0.475. The monoisotopic (exact) mass is 447 g/mol. The van der Waals surface area contributed by atoms with Crippen molar-refractivity contribution in [1.82, 2.24) is 25.1 Å². The number of amides is 1. The third kappa shape index (κ3) is 5.27. The zero-order valence-corrected chi connectivity index (χ0v) is 17.5. The Kier molecular flexibility index (Phi) is 6.23. The van der Waals surface area contributed by atoms with Crippen molar-refractivity contribution in [2.75, 3.05) is 17.1 Å². The molecule has 2 aromatic heterocycles. The van der Waals surface area contributed by atoms with Crippen LogP contribution in [-0.2, 0) is 17.1 Å². The molecule has 0 saturated carbocycles. The first-order valence-electron chi connectivity index (χ1n) is 8.38. The smallest absolute Gasteiger partial charge is 0.277 e. The summed E-state index contributed by atoms with van der Waals surface area (Å²) in [4.78, 5) is 19.7. The number of hydrogen-bond donors (Lipinski definition) is 3. The molecule has 0 fully saturated rings. The van der Waals surface area contributed by atoms with Gasteiger partial charge in [-0.25, -0.2) is 18.4 Å². The number of aromatic nitrogens is 4. The lowest BCUT2D eigenvalue weighted by Crippen LogP contribution is -2.34. The molecule has 0 radical (unpaired) electrons. The molecule has 3 rings (SSSR count). The molecule has 0 spiro atoms. The number of carbonyl (C=O) groups is 1. The Morgan fingerprint density at radius 1 is 1.17 bits per heavy atom. The SMILES string of the molecule is COc1cc(NS(=O)(=O)c2ccc(NC(=S)NC(=O)c3ccn(C)n3)cc2)ncn1. The molecule has 3 aromatic rings. The van der Waals surface area contributed by atoms with Gasteiger partial charge >= 0.3 is 0 Å². The van der Waals surface area contributed by atoms with Gasteiger partial charge in [0.1, 0.15) is 12.1 Å². The minimum absolute atomic E-state index is 0.00840. The molecular formula is C17H17N7O4S2. The van der Waals surface area contributed by atoms with Crippen LogP contribution in [0.25, 0.3) is 0 Å². The van der Waals surface area contributed by atoms with Gasteiger partial charge in [-0.3, -0.25) is 19.5 Å². The van der Waals surface area contributed by atoms with E-state index in [1.54, 1.807) is 19.3 Å². The van der Waals surface area contributed by atoms with Crippen LogP contribution >= 0.6 is 12.2 Å². The fourth-order valence-electron chi connectivity index (χ4n) is 2.29. The Balaban J connectivity index is 1.63. The molecule has 1 aromatic carbocycles. The number of anilines is 2. The summed E-state index contributed by atoms with van der Waals surface area (Å²) in [5, 5.41) is 9.33. The van der Waals surface area contributed by atoms with Crippen LogP contribution in [0.15, 0.2) is 53.8 Å². The van der Waals surface area contributed by atoms with Gasteiger partial charge < -0.3 is 10.1 Å². The van der Waals surface area contributed by atoms with Crippen LogP contribution in [0.1, 0.15) is 10.5 Å². The zero-order valence-electron chi connectivity index (χ0n) is 15.9. The molecule has 0 unspecified atom stereocenters. The van der Waals surface area contributed by atoms with Gasteiger partial charge in [-0.05, 0) is 42.5 Å². The Bertz CT molecular complexity index is 1180. The van der Waals surface area contributed by atoms with Gasteiger partial charge in [0.15, 0.2) is 10.8 Å². The second-order valence-corrected chi connectivity index (χ2v) is 7.95. The molecule has 0 aliphatic carbocycles. The summed E-state index contributed by atoms with van der Waals surface area (Å²) >= 11 is 5.10. The highest BCUT2D eigenvalue weighted by atomic mass is 32.2. The Morgan fingerprint density at radius 3 is 2.53 bits per heavy atom.